The maximum atomic E-state index is 13.6. The van der Waals surface area contributed by atoms with Gasteiger partial charge in [0.15, 0.2) is 0 Å². The van der Waals surface area contributed by atoms with Crippen LogP contribution in [-0.4, -0.2) is 8.42 Å². The lowest BCUT2D eigenvalue weighted by Gasteiger charge is -2.09. The minimum Gasteiger partial charge on any atom is -0.280 e. The van der Waals surface area contributed by atoms with Crippen LogP contribution in [-0.2, 0) is 10.0 Å². The van der Waals surface area contributed by atoms with Gasteiger partial charge in [0.2, 0.25) is 0 Å². The van der Waals surface area contributed by atoms with Crippen molar-refractivity contribution >= 4 is 27.3 Å². The molecule has 0 amide bonds. The molecule has 0 radical (unpaired) electrons. The molecule has 2 rings (SSSR count). The van der Waals surface area contributed by atoms with Gasteiger partial charge in [-0.2, -0.15) is 0 Å². The smallest absolute Gasteiger partial charge is 0.264 e. The van der Waals surface area contributed by atoms with Crippen LogP contribution >= 0.6 is 11.6 Å². The van der Waals surface area contributed by atoms with Gasteiger partial charge in [0.1, 0.15) is 10.7 Å². The van der Waals surface area contributed by atoms with E-state index in [2.05, 4.69) is 4.72 Å². The van der Waals surface area contributed by atoms with Gasteiger partial charge in [0.25, 0.3) is 10.0 Å². The summed E-state index contributed by atoms with van der Waals surface area (Å²) in [5.41, 5.74) is 1.38. The summed E-state index contributed by atoms with van der Waals surface area (Å²) in [7, 11) is -3.96. The van der Waals surface area contributed by atoms with Gasteiger partial charge in [-0.3, -0.25) is 4.72 Å². The zero-order valence-electron chi connectivity index (χ0n) is 10.0. The molecule has 0 aromatic heterocycles. The Bertz CT molecular complexity index is 699. The van der Waals surface area contributed by atoms with Gasteiger partial charge in [-0.05, 0) is 37.3 Å². The van der Waals surface area contributed by atoms with Crippen molar-refractivity contribution in [3.8, 4) is 0 Å². The van der Waals surface area contributed by atoms with E-state index in [0.29, 0.717) is 5.69 Å². The largest absolute Gasteiger partial charge is 0.280 e. The molecule has 0 saturated heterocycles. The molecule has 0 atom stereocenters. The quantitative estimate of drug-likeness (QED) is 0.941. The van der Waals surface area contributed by atoms with Crippen LogP contribution in [0.1, 0.15) is 5.56 Å². The molecule has 0 heterocycles. The van der Waals surface area contributed by atoms with Gasteiger partial charge in [-0.1, -0.05) is 29.3 Å². The average Bonchev–Trinajstić information content (AvgIpc) is 2.31. The first-order valence-electron chi connectivity index (χ1n) is 5.43. The van der Waals surface area contributed by atoms with Gasteiger partial charge in [0.05, 0.1) is 0 Å². The van der Waals surface area contributed by atoms with E-state index in [1.165, 1.54) is 6.07 Å². The lowest BCUT2D eigenvalue weighted by Crippen LogP contribution is -2.14. The number of anilines is 1. The van der Waals surface area contributed by atoms with E-state index in [4.69, 9.17) is 11.6 Å². The first-order chi connectivity index (χ1) is 8.88. The van der Waals surface area contributed by atoms with Crippen LogP contribution in [0.4, 0.5) is 10.1 Å². The lowest BCUT2D eigenvalue weighted by molar-refractivity contribution is 0.570. The van der Waals surface area contributed by atoms with E-state index in [1.807, 2.05) is 6.92 Å². The standard InChI is InChI=1S/C13H11ClFNO2S/c1-9-2-5-11(6-3-9)16-19(17,18)13-7-4-10(14)8-12(13)15/h2-8,16H,1H3. The summed E-state index contributed by atoms with van der Waals surface area (Å²) in [6.07, 6.45) is 0. The van der Waals surface area contributed by atoms with Crippen molar-refractivity contribution in [1.29, 1.82) is 0 Å². The molecule has 0 aliphatic rings. The van der Waals surface area contributed by atoms with Gasteiger partial charge in [-0.15, -0.1) is 0 Å². The second kappa shape index (κ2) is 5.19. The second-order valence-electron chi connectivity index (χ2n) is 4.05. The molecule has 0 fully saturated rings. The number of hydrogen-bond donors (Lipinski definition) is 1. The van der Waals surface area contributed by atoms with Crippen molar-refractivity contribution in [1.82, 2.24) is 0 Å². The number of hydrogen-bond acceptors (Lipinski definition) is 2. The Hall–Kier alpha value is -1.59. The van der Waals surface area contributed by atoms with Gasteiger partial charge in [0, 0.05) is 10.7 Å². The molecule has 0 saturated carbocycles. The molecule has 0 bridgehead atoms. The van der Waals surface area contributed by atoms with Crippen LogP contribution in [0.3, 0.4) is 0 Å². The molecule has 0 spiro atoms. The maximum Gasteiger partial charge on any atom is 0.264 e. The molecule has 1 N–H and O–H groups in total. The molecule has 100 valence electrons. The third kappa shape index (κ3) is 3.24. The van der Waals surface area contributed by atoms with Crippen LogP contribution in [0.15, 0.2) is 47.4 Å². The highest BCUT2D eigenvalue weighted by molar-refractivity contribution is 7.92. The van der Waals surface area contributed by atoms with Crippen molar-refractivity contribution in [3.63, 3.8) is 0 Å². The molecular weight excluding hydrogens is 289 g/mol. The highest BCUT2D eigenvalue weighted by atomic mass is 35.5. The summed E-state index contributed by atoms with van der Waals surface area (Å²) in [6, 6.07) is 10.2. The number of halogens is 2. The van der Waals surface area contributed by atoms with Gasteiger partial charge >= 0.3 is 0 Å². The second-order valence-corrected chi connectivity index (χ2v) is 6.13. The summed E-state index contributed by atoms with van der Waals surface area (Å²) >= 11 is 5.59. The molecule has 2 aromatic rings. The van der Waals surface area contributed by atoms with E-state index in [1.54, 1.807) is 24.3 Å². The fourth-order valence-electron chi connectivity index (χ4n) is 1.52. The highest BCUT2D eigenvalue weighted by Crippen LogP contribution is 2.21. The monoisotopic (exact) mass is 299 g/mol. The zero-order chi connectivity index (χ0) is 14.0. The minimum absolute atomic E-state index is 0.145. The highest BCUT2D eigenvalue weighted by Gasteiger charge is 2.19. The van der Waals surface area contributed by atoms with Crippen molar-refractivity contribution in [2.75, 3.05) is 4.72 Å². The van der Waals surface area contributed by atoms with E-state index >= 15 is 0 Å². The minimum atomic E-state index is -3.96. The fourth-order valence-corrected chi connectivity index (χ4v) is 2.80. The van der Waals surface area contributed by atoms with Crippen LogP contribution in [0.5, 0.6) is 0 Å². The Morgan fingerprint density at radius 2 is 1.74 bits per heavy atom. The van der Waals surface area contributed by atoms with Crippen LogP contribution in [0, 0.1) is 12.7 Å². The molecule has 0 aliphatic carbocycles. The summed E-state index contributed by atoms with van der Waals surface area (Å²) in [4.78, 5) is -0.433. The number of nitrogens with one attached hydrogen (secondary N) is 1. The van der Waals surface area contributed by atoms with Gasteiger partial charge < -0.3 is 0 Å². The SMILES string of the molecule is Cc1ccc(NS(=O)(=O)c2ccc(Cl)cc2F)cc1. The first-order valence-corrected chi connectivity index (χ1v) is 7.29. The average molecular weight is 300 g/mol. The Morgan fingerprint density at radius 1 is 1.11 bits per heavy atom. The fraction of sp³-hybridized carbons (Fsp3) is 0.0769. The normalized spacial score (nSPS) is 11.3. The lowest BCUT2D eigenvalue weighted by atomic mass is 10.2. The van der Waals surface area contributed by atoms with Crippen molar-refractivity contribution in [3.05, 3.63) is 58.9 Å². The number of benzene rings is 2. The van der Waals surface area contributed by atoms with Crippen molar-refractivity contribution < 1.29 is 12.8 Å². The molecule has 0 aliphatic heterocycles. The first kappa shape index (κ1) is 13.8. The summed E-state index contributed by atoms with van der Waals surface area (Å²) in [6.45, 7) is 1.89. The van der Waals surface area contributed by atoms with E-state index in [9.17, 15) is 12.8 Å². The number of aryl methyl sites for hydroxylation is 1. The topological polar surface area (TPSA) is 46.2 Å². The van der Waals surface area contributed by atoms with Crippen LogP contribution in [0.25, 0.3) is 0 Å². The van der Waals surface area contributed by atoms with Gasteiger partial charge in [-0.25, -0.2) is 12.8 Å². The van der Waals surface area contributed by atoms with Crippen LogP contribution in [0.2, 0.25) is 5.02 Å². The predicted octanol–water partition coefficient (Wildman–Crippen LogP) is 3.59. The molecule has 2 aromatic carbocycles. The Kier molecular flexibility index (Phi) is 3.78. The Balaban J connectivity index is 2.35. The van der Waals surface area contributed by atoms with Crippen molar-refractivity contribution in [2.45, 2.75) is 11.8 Å². The molecule has 0 unspecified atom stereocenters. The predicted molar refractivity (Wildman–Crippen MR) is 73.4 cm³/mol. The molecule has 3 nitrogen and oxygen atoms in total. The van der Waals surface area contributed by atoms with Crippen molar-refractivity contribution in [2.24, 2.45) is 0 Å². The third-order valence-electron chi connectivity index (χ3n) is 2.49. The maximum absolute atomic E-state index is 13.6. The zero-order valence-corrected chi connectivity index (χ0v) is 11.6. The summed E-state index contributed by atoms with van der Waals surface area (Å²) in [5.74, 6) is -0.882. The van der Waals surface area contributed by atoms with E-state index < -0.39 is 20.7 Å². The molecule has 19 heavy (non-hydrogen) atoms. The van der Waals surface area contributed by atoms with E-state index in [0.717, 1.165) is 17.7 Å². The third-order valence-corrected chi connectivity index (χ3v) is 4.14. The van der Waals surface area contributed by atoms with Crippen LogP contribution < -0.4 is 4.72 Å². The Labute approximate surface area is 116 Å². The number of sulfonamides is 1. The molecular formula is C13H11ClFNO2S. The van der Waals surface area contributed by atoms with E-state index in [-0.39, 0.29) is 5.02 Å². The molecule has 6 heteroatoms. The Morgan fingerprint density at radius 3 is 2.32 bits per heavy atom. The summed E-state index contributed by atoms with van der Waals surface area (Å²) in [5, 5.41) is 0.145. The number of rotatable bonds is 3. The summed E-state index contributed by atoms with van der Waals surface area (Å²) < 4.78 is 40.0.